The number of benzene rings is 1. The third kappa shape index (κ3) is 2.75. The Hall–Kier alpha value is -2.14. The second-order valence-electron chi connectivity index (χ2n) is 3.72. The summed E-state index contributed by atoms with van der Waals surface area (Å²) in [7, 11) is 3.08. The van der Waals surface area contributed by atoms with Crippen molar-refractivity contribution in [3.63, 3.8) is 0 Å². The van der Waals surface area contributed by atoms with E-state index in [0.717, 1.165) is 0 Å². The van der Waals surface area contributed by atoms with Gasteiger partial charge < -0.3 is 14.6 Å². The van der Waals surface area contributed by atoms with Gasteiger partial charge in [0.25, 0.3) is 0 Å². The summed E-state index contributed by atoms with van der Waals surface area (Å²) in [6, 6.07) is 5.13. The smallest absolute Gasteiger partial charge is 0.161 e. The second kappa shape index (κ2) is 5.97. The molecule has 0 aliphatic rings. The van der Waals surface area contributed by atoms with Crippen molar-refractivity contribution in [1.29, 1.82) is 0 Å². The molecular weight excluding hydrogens is 228 g/mol. The van der Waals surface area contributed by atoms with E-state index in [1.807, 2.05) is 0 Å². The summed E-state index contributed by atoms with van der Waals surface area (Å²) in [5.41, 5.74) is 1.88. The first-order valence-corrected chi connectivity index (χ1v) is 5.36. The predicted molar refractivity (Wildman–Crippen MR) is 70.6 cm³/mol. The first-order chi connectivity index (χ1) is 8.61. The highest BCUT2D eigenvalue weighted by atomic mass is 16.5. The Morgan fingerprint density at radius 3 is 2.56 bits per heavy atom. The summed E-state index contributed by atoms with van der Waals surface area (Å²) in [5.74, 6) is 3.56. The molecule has 1 aromatic carbocycles. The van der Waals surface area contributed by atoms with Gasteiger partial charge in [0.1, 0.15) is 5.60 Å². The lowest BCUT2D eigenvalue weighted by atomic mass is 9.90. The fourth-order valence-corrected chi connectivity index (χ4v) is 1.67. The topological polar surface area (TPSA) is 38.7 Å². The van der Waals surface area contributed by atoms with Gasteiger partial charge in [0.15, 0.2) is 11.5 Å². The minimum atomic E-state index is -1.30. The molecule has 1 rings (SSSR count). The number of ether oxygens (including phenoxy) is 2. The molecule has 0 aromatic heterocycles. The fourth-order valence-electron chi connectivity index (χ4n) is 1.67. The third-order valence-electron chi connectivity index (χ3n) is 2.60. The second-order valence-corrected chi connectivity index (χ2v) is 3.72. The van der Waals surface area contributed by atoms with Gasteiger partial charge in [-0.2, -0.15) is 0 Å². The molecule has 94 valence electrons. The van der Waals surface area contributed by atoms with E-state index in [0.29, 0.717) is 17.1 Å². The molecule has 18 heavy (non-hydrogen) atoms. The molecule has 0 saturated carbocycles. The highest BCUT2D eigenvalue weighted by Crippen LogP contribution is 2.34. The Bertz CT molecular complexity index is 507. The van der Waals surface area contributed by atoms with Crippen LogP contribution in [0.3, 0.4) is 0 Å². The molecule has 3 heteroatoms. The molecular formula is C15H16O3. The van der Waals surface area contributed by atoms with Crippen LogP contribution < -0.4 is 9.47 Å². The molecule has 0 aliphatic heterocycles. The van der Waals surface area contributed by atoms with E-state index < -0.39 is 5.60 Å². The number of hydrogen-bond acceptors (Lipinski definition) is 3. The summed E-state index contributed by atoms with van der Waals surface area (Å²) in [6.07, 6.45) is 6.84. The SMILES string of the molecule is C#CCC(O)(C=C=C)c1ccc(OC)c(OC)c1. The minimum absolute atomic E-state index is 0.130. The van der Waals surface area contributed by atoms with Gasteiger partial charge in [-0.25, -0.2) is 0 Å². The molecule has 0 heterocycles. The van der Waals surface area contributed by atoms with Gasteiger partial charge in [0.05, 0.1) is 14.2 Å². The fraction of sp³-hybridized carbons (Fsp3) is 0.267. The van der Waals surface area contributed by atoms with Crippen molar-refractivity contribution in [2.75, 3.05) is 14.2 Å². The maximum absolute atomic E-state index is 10.5. The van der Waals surface area contributed by atoms with Gasteiger partial charge in [-0.1, -0.05) is 12.6 Å². The molecule has 1 atom stereocenters. The summed E-state index contributed by atoms with van der Waals surface area (Å²) >= 11 is 0. The van der Waals surface area contributed by atoms with Crippen LogP contribution >= 0.6 is 0 Å². The van der Waals surface area contributed by atoms with E-state index >= 15 is 0 Å². The van der Waals surface area contributed by atoms with E-state index in [-0.39, 0.29) is 6.42 Å². The Labute approximate surface area is 107 Å². The molecule has 1 aromatic rings. The monoisotopic (exact) mass is 244 g/mol. The number of rotatable bonds is 5. The van der Waals surface area contributed by atoms with Crippen LogP contribution in [0.15, 0.2) is 36.6 Å². The number of terminal acetylenes is 1. The van der Waals surface area contributed by atoms with Crippen LogP contribution in [0.4, 0.5) is 0 Å². The van der Waals surface area contributed by atoms with Crippen LogP contribution in [0.5, 0.6) is 11.5 Å². The Balaban J connectivity index is 3.30. The van der Waals surface area contributed by atoms with Crippen molar-refractivity contribution < 1.29 is 14.6 Å². The Morgan fingerprint density at radius 1 is 1.39 bits per heavy atom. The average Bonchev–Trinajstić information content (AvgIpc) is 2.38. The van der Waals surface area contributed by atoms with Crippen LogP contribution in [0, 0.1) is 12.3 Å². The summed E-state index contributed by atoms with van der Waals surface area (Å²) in [6.45, 7) is 3.46. The van der Waals surface area contributed by atoms with Crippen molar-refractivity contribution in [3.8, 4) is 23.8 Å². The molecule has 0 saturated heterocycles. The van der Waals surface area contributed by atoms with Gasteiger partial charge in [-0.3, -0.25) is 0 Å². The van der Waals surface area contributed by atoms with E-state index in [1.165, 1.54) is 13.2 Å². The maximum atomic E-state index is 10.5. The van der Waals surface area contributed by atoms with Gasteiger partial charge >= 0.3 is 0 Å². The van der Waals surface area contributed by atoms with Crippen molar-refractivity contribution in [3.05, 3.63) is 42.1 Å². The molecule has 1 N–H and O–H groups in total. The predicted octanol–water partition coefficient (Wildman–Crippen LogP) is 2.26. The van der Waals surface area contributed by atoms with Gasteiger partial charge in [-0.05, 0) is 23.8 Å². The van der Waals surface area contributed by atoms with Gasteiger partial charge in [0, 0.05) is 6.42 Å². The molecule has 0 radical (unpaired) electrons. The molecule has 0 spiro atoms. The lowest BCUT2D eigenvalue weighted by molar-refractivity contribution is 0.0952. The first kappa shape index (κ1) is 13.9. The van der Waals surface area contributed by atoms with Crippen LogP contribution in [-0.4, -0.2) is 19.3 Å². The zero-order chi connectivity index (χ0) is 13.6. The first-order valence-electron chi connectivity index (χ1n) is 5.36. The number of hydrogen-bond donors (Lipinski definition) is 1. The summed E-state index contributed by atoms with van der Waals surface area (Å²) in [5, 5.41) is 10.5. The summed E-state index contributed by atoms with van der Waals surface area (Å²) in [4.78, 5) is 0. The molecule has 0 aliphatic carbocycles. The van der Waals surface area contributed by atoms with Crippen LogP contribution in [0.25, 0.3) is 0 Å². The Kier molecular flexibility index (Phi) is 4.62. The van der Waals surface area contributed by atoms with Crippen LogP contribution in [0.1, 0.15) is 12.0 Å². The lowest BCUT2D eigenvalue weighted by Gasteiger charge is -2.23. The van der Waals surface area contributed by atoms with E-state index in [4.69, 9.17) is 15.9 Å². The van der Waals surface area contributed by atoms with E-state index in [9.17, 15) is 5.11 Å². The zero-order valence-corrected chi connectivity index (χ0v) is 10.6. The third-order valence-corrected chi connectivity index (χ3v) is 2.60. The van der Waals surface area contributed by atoms with Gasteiger partial charge in [-0.15, -0.1) is 18.1 Å². The normalized spacial score (nSPS) is 12.8. The van der Waals surface area contributed by atoms with E-state index in [1.54, 1.807) is 25.3 Å². The largest absolute Gasteiger partial charge is 0.493 e. The lowest BCUT2D eigenvalue weighted by Crippen LogP contribution is -2.22. The van der Waals surface area contributed by atoms with Crippen molar-refractivity contribution >= 4 is 0 Å². The standard InChI is InChI=1S/C15H16O3/c1-5-9-15(16,10-6-2)12-7-8-13(17-3)14(11-12)18-4/h1,7-8,10-11,16H,2,9H2,3-4H3. The number of aliphatic hydroxyl groups is 1. The maximum Gasteiger partial charge on any atom is 0.161 e. The Morgan fingerprint density at radius 2 is 2.06 bits per heavy atom. The molecule has 0 fully saturated rings. The highest BCUT2D eigenvalue weighted by molar-refractivity contribution is 5.46. The highest BCUT2D eigenvalue weighted by Gasteiger charge is 2.26. The summed E-state index contributed by atoms with van der Waals surface area (Å²) < 4.78 is 10.3. The van der Waals surface area contributed by atoms with Gasteiger partial charge in [0.2, 0.25) is 0 Å². The molecule has 0 bridgehead atoms. The quantitative estimate of drug-likeness (QED) is 0.638. The van der Waals surface area contributed by atoms with Crippen molar-refractivity contribution in [1.82, 2.24) is 0 Å². The van der Waals surface area contributed by atoms with Crippen LogP contribution in [-0.2, 0) is 5.60 Å². The zero-order valence-electron chi connectivity index (χ0n) is 10.6. The molecule has 1 unspecified atom stereocenters. The van der Waals surface area contributed by atoms with Crippen molar-refractivity contribution in [2.45, 2.75) is 12.0 Å². The van der Waals surface area contributed by atoms with Crippen molar-refractivity contribution in [2.24, 2.45) is 0 Å². The number of methoxy groups -OCH3 is 2. The van der Waals surface area contributed by atoms with Crippen LogP contribution in [0.2, 0.25) is 0 Å². The average molecular weight is 244 g/mol. The molecule has 3 nitrogen and oxygen atoms in total. The minimum Gasteiger partial charge on any atom is -0.493 e. The molecule has 0 amide bonds. The van der Waals surface area contributed by atoms with E-state index in [2.05, 4.69) is 18.2 Å².